The lowest BCUT2D eigenvalue weighted by Gasteiger charge is -2.26. The first-order valence-corrected chi connectivity index (χ1v) is 7.86. The Hall–Kier alpha value is -1.67. The second kappa shape index (κ2) is 6.40. The fourth-order valence-corrected chi connectivity index (χ4v) is 2.99. The molecule has 1 N–H and O–H groups in total. The van der Waals surface area contributed by atoms with Crippen LogP contribution in [0.5, 0.6) is 0 Å². The number of hydrogen-bond donors (Lipinski definition) is 1. The maximum Gasteiger partial charge on any atom is 0.123 e. The van der Waals surface area contributed by atoms with Crippen LogP contribution in [0, 0.1) is 5.82 Å². The molecular formula is C19H22FN. The number of nitrogens with one attached hydrogen (secondary N) is 1. The zero-order valence-electron chi connectivity index (χ0n) is 12.5. The second-order valence-electron chi connectivity index (χ2n) is 5.84. The van der Waals surface area contributed by atoms with Gasteiger partial charge in [-0.05, 0) is 54.1 Å². The zero-order chi connectivity index (χ0) is 14.7. The Balaban J connectivity index is 1.84. The largest absolute Gasteiger partial charge is 0.307 e. The third-order valence-corrected chi connectivity index (χ3v) is 4.46. The summed E-state index contributed by atoms with van der Waals surface area (Å²) in [6.07, 6.45) is 4.02. The molecule has 0 aliphatic heterocycles. The van der Waals surface area contributed by atoms with E-state index in [-0.39, 0.29) is 11.9 Å². The molecule has 110 valence electrons. The lowest BCUT2D eigenvalue weighted by molar-refractivity contribution is 0.419. The van der Waals surface area contributed by atoms with Crippen molar-refractivity contribution in [3.8, 4) is 0 Å². The van der Waals surface area contributed by atoms with Crippen LogP contribution < -0.4 is 5.32 Å². The van der Waals surface area contributed by atoms with Crippen molar-refractivity contribution >= 4 is 0 Å². The Labute approximate surface area is 126 Å². The molecule has 1 nitrogen and oxygen atoms in total. The van der Waals surface area contributed by atoms with Crippen LogP contribution in [0.4, 0.5) is 4.39 Å². The first kappa shape index (κ1) is 14.3. The summed E-state index contributed by atoms with van der Waals surface area (Å²) in [6, 6.07) is 15.9. The molecule has 0 saturated heterocycles. The molecule has 1 unspecified atom stereocenters. The molecule has 1 aliphatic carbocycles. The Morgan fingerprint density at radius 2 is 1.57 bits per heavy atom. The molecule has 0 heterocycles. The van der Waals surface area contributed by atoms with Gasteiger partial charge in [0.25, 0.3) is 0 Å². The van der Waals surface area contributed by atoms with E-state index < -0.39 is 0 Å². The number of halogens is 1. The van der Waals surface area contributed by atoms with Crippen LogP contribution in [0.15, 0.2) is 48.5 Å². The summed E-state index contributed by atoms with van der Waals surface area (Å²) in [5, 5.41) is 3.49. The van der Waals surface area contributed by atoms with Gasteiger partial charge in [0.2, 0.25) is 0 Å². The molecule has 2 heteroatoms. The molecule has 3 rings (SSSR count). The first-order valence-electron chi connectivity index (χ1n) is 7.86. The van der Waals surface area contributed by atoms with Crippen LogP contribution in [0.25, 0.3) is 0 Å². The molecule has 2 aromatic rings. The Morgan fingerprint density at radius 1 is 1.00 bits per heavy atom. The maximum absolute atomic E-state index is 13.1. The van der Waals surface area contributed by atoms with Crippen molar-refractivity contribution in [3.05, 3.63) is 71.0 Å². The smallest absolute Gasteiger partial charge is 0.123 e. The summed E-state index contributed by atoms with van der Waals surface area (Å²) < 4.78 is 13.1. The molecule has 2 aromatic carbocycles. The Kier molecular flexibility index (Phi) is 4.35. The second-order valence-corrected chi connectivity index (χ2v) is 5.84. The normalized spacial score (nSPS) is 16.5. The van der Waals surface area contributed by atoms with Gasteiger partial charge >= 0.3 is 0 Å². The predicted octanol–water partition coefficient (Wildman–Crippen LogP) is 4.79. The van der Waals surface area contributed by atoms with E-state index in [1.54, 1.807) is 0 Å². The molecule has 0 spiro atoms. The van der Waals surface area contributed by atoms with E-state index in [9.17, 15) is 4.39 Å². The predicted molar refractivity (Wildman–Crippen MR) is 85.0 cm³/mol. The van der Waals surface area contributed by atoms with Gasteiger partial charge in [0.1, 0.15) is 5.82 Å². The molecule has 1 atom stereocenters. The van der Waals surface area contributed by atoms with E-state index in [1.165, 1.54) is 42.5 Å². The Morgan fingerprint density at radius 3 is 2.05 bits per heavy atom. The van der Waals surface area contributed by atoms with Gasteiger partial charge in [0, 0.05) is 0 Å². The number of benzene rings is 2. The van der Waals surface area contributed by atoms with E-state index in [2.05, 4.69) is 36.5 Å². The van der Waals surface area contributed by atoms with Gasteiger partial charge < -0.3 is 5.32 Å². The van der Waals surface area contributed by atoms with Gasteiger partial charge in [-0.1, -0.05) is 49.7 Å². The highest BCUT2D eigenvalue weighted by molar-refractivity contribution is 5.35. The summed E-state index contributed by atoms with van der Waals surface area (Å²) >= 11 is 0. The summed E-state index contributed by atoms with van der Waals surface area (Å²) in [7, 11) is 0. The van der Waals surface area contributed by atoms with Crippen molar-refractivity contribution < 1.29 is 4.39 Å². The van der Waals surface area contributed by atoms with Gasteiger partial charge in [0.05, 0.1) is 6.04 Å². The highest BCUT2D eigenvalue weighted by Gasteiger charge is 2.20. The summed E-state index contributed by atoms with van der Waals surface area (Å²) in [5.41, 5.74) is 3.81. The molecule has 0 bridgehead atoms. The van der Waals surface area contributed by atoms with Crippen molar-refractivity contribution in [2.24, 2.45) is 0 Å². The molecule has 21 heavy (non-hydrogen) atoms. The van der Waals surface area contributed by atoms with Crippen molar-refractivity contribution in [1.82, 2.24) is 5.32 Å². The highest BCUT2D eigenvalue weighted by Crippen LogP contribution is 2.36. The molecule has 1 fully saturated rings. The first-order chi connectivity index (χ1) is 10.3. The number of rotatable bonds is 5. The fraction of sp³-hybridized carbons (Fsp3) is 0.368. The van der Waals surface area contributed by atoms with E-state index in [0.29, 0.717) is 0 Å². The van der Waals surface area contributed by atoms with E-state index in [1.807, 2.05) is 12.1 Å². The topological polar surface area (TPSA) is 12.0 Å². The van der Waals surface area contributed by atoms with Crippen LogP contribution in [-0.4, -0.2) is 6.54 Å². The maximum atomic E-state index is 13.1. The minimum absolute atomic E-state index is 0.131. The number of hydrogen-bond acceptors (Lipinski definition) is 1. The van der Waals surface area contributed by atoms with Gasteiger partial charge in [0.15, 0.2) is 0 Å². The Bertz CT molecular complexity index is 570. The summed E-state index contributed by atoms with van der Waals surface area (Å²) in [6.45, 7) is 2.98. The molecular weight excluding hydrogens is 261 g/mol. The monoisotopic (exact) mass is 283 g/mol. The molecule has 1 aliphatic rings. The third kappa shape index (κ3) is 3.16. The molecule has 0 radical (unpaired) electrons. The minimum atomic E-state index is -0.186. The standard InChI is InChI=1S/C19H22FN/c1-2-21-19(17-10-12-18(20)13-11-17)16-8-6-15(7-9-16)14-4-3-5-14/h6-14,19,21H,2-5H2,1H3. The fourth-order valence-electron chi connectivity index (χ4n) is 2.99. The van der Waals surface area contributed by atoms with Crippen molar-refractivity contribution in [1.29, 1.82) is 0 Å². The minimum Gasteiger partial charge on any atom is -0.307 e. The van der Waals surface area contributed by atoms with Crippen molar-refractivity contribution in [2.45, 2.75) is 38.1 Å². The molecule has 0 aromatic heterocycles. The van der Waals surface area contributed by atoms with Crippen LogP contribution >= 0.6 is 0 Å². The molecule has 0 amide bonds. The third-order valence-electron chi connectivity index (χ3n) is 4.46. The summed E-state index contributed by atoms with van der Waals surface area (Å²) in [4.78, 5) is 0. The van der Waals surface area contributed by atoms with E-state index in [0.717, 1.165) is 18.0 Å². The average Bonchev–Trinajstić information content (AvgIpc) is 2.45. The van der Waals surface area contributed by atoms with E-state index in [4.69, 9.17) is 0 Å². The van der Waals surface area contributed by atoms with Crippen molar-refractivity contribution in [2.75, 3.05) is 6.54 Å². The van der Waals surface area contributed by atoms with Crippen LogP contribution in [-0.2, 0) is 0 Å². The van der Waals surface area contributed by atoms with Crippen LogP contribution in [0.2, 0.25) is 0 Å². The van der Waals surface area contributed by atoms with Gasteiger partial charge in [-0.25, -0.2) is 4.39 Å². The van der Waals surface area contributed by atoms with E-state index >= 15 is 0 Å². The van der Waals surface area contributed by atoms with Crippen LogP contribution in [0.3, 0.4) is 0 Å². The SMILES string of the molecule is CCNC(c1ccc(F)cc1)c1ccc(C2CCC2)cc1. The lowest BCUT2D eigenvalue weighted by Crippen LogP contribution is -2.22. The van der Waals surface area contributed by atoms with Gasteiger partial charge in [-0.2, -0.15) is 0 Å². The van der Waals surface area contributed by atoms with Gasteiger partial charge in [-0.15, -0.1) is 0 Å². The highest BCUT2D eigenvalue weighted by atomic mass is 19.1. The average molecular weight is 283 g/mol. The quantitative estimate of drug-likeness (QED) is 0.831. The molecule has 1 saturated carbocycles. The lowest BCUT2D eigenvalue weighted by atomic mass is 9.79. The zero-order valence-corrected chi connectivity index (χ0v) is 12.5. The van der Waals surface area contributed by atoms with Crippen molar-refractivity contribution in [3.63, 3.8) is 0 Å². The summed E-state index contributed by atoms with van der Waals surface area (Å²) in [5.74, 6) is 0.580. The van der Waals surface area contributed by atoms with Gasteiger partial charge in [-0.3, -0.25) is 0 Å². The van der Waals surface area contributed by atoms with Crippen LogP contribution in [0.1, 0.15) is 54.8 Å².